The summed E-state index contributed by atoms with van der Waals surface area (Å²) in [4.78, 5) is 15.7. The van der Waals surface area contributed by atoms with Crippen LogP contribution in [0.15, 0.2) is 28.8 Å². The van der Waals surface area contributed by atoms with E-state index in [0.29, 0.717) is 26.1 Å². The van der Waals surface area contributed by atoms with Gasteiger partial charge in [-0.05, 0) is 25.0 Å². The third kappa shape index (κ3) is 4.25. The van der Waals surface area contributed by atoms with Gasteiger partial charge >= 0.3 is 12.1 Å². The Kier molecular flexibility index (Phi) is 5.14. The Morgan fingerprint density at radius 1 is 1.33 bits per heavy atom. The fourth-order valence-corrected chi connectivity index (χ4v) is 2.70. The maximum Gasteiger partial charge on any atom is 0.471 e. The topological polar surface area (TPSA) is 101 Å². The molecule has 27 heavy (non-hydrogen) atoms. The number of aromatic nitrogens is 2. The fraction of sp³-hybridized carbons (Fsp3) is 0.412. The first-order valence-corrected chi connectivity index (χ1v) is 8.12. The van der Waals surface area contributed by atoms with Crippen LogP contribution in [0.25, 0.3) is 11.4 Å². The molecule has 0 saturated carbocycles. The van der Waals surface area contributed by atoms with E-state index in [0.717, 1.165) is 0 Å². The highest BCUT2D eigenvalue weighted by molar-refractivity contribution is 5.95. The number of halogens is 3. The Hall–Kier alpha value is -2.93. The first kappa shape index (κ1) is 18.8. The highest BCUT2D eigenvalue weighted by Crippen LogP contribution is 2.30. The molecule has 3 rings (SSSR count). The van der Waals surface area contributed by atoms with Gasteiger partial charge in [0.2, 0.25) is 5.82 Å². The van der Waals surface area contributed by atoms with Crippen LogP contribution in [-0.2, 0) is 10.9 Å². The van der Waals surface area contributed by atoms with Crippen molar-refractivity contribution in [2.24, 2.45) is 5.41 Å². The van der Waals surface area contributed by atoms with E-state index >= 15 is 0 Å². The van der Waals surface area contributed by atoms with E-state index in [2.05, 4.69) is 26.0 Å². The predicted octanol–water partition coefficient (Wildman–Crippen LogP) is 2.81. The number of hydrogen-bond donors (Lipinski definition) is 1. The van der Waals surface area contributed by atoms with Crippen LogP contribution >= 0.6 is 0 Å². The van der Waals surface area contributed by atoms with E-state index in [-0.39, 0.29) is 23.5 Å². The molecule has 0 bridgehead atoms. The molecular weight excluding hydrogens is 365 g/mol. The van der Waals surface area contributed by atoms with Gasteiger partial charge in [0.05, 0.1) is 11.5 Å². The smallest absolute Gasteiger partial charge is 0.381 e. The van der Waals surface area contributed by atoms with Crippen LogP contribution in [0.5, 0.6) is 0 Å². The van der Waals surface area contributed by atoms with Crippen molar-refractivity contribution in [3.63, 3.8) is 0 Å². The number of benzene rings is 1. The van der Waals surface area contributed by atoms with Crippen LogP contribution in [-0.4, -0.2) is 35.8 Å². The van der Waals surface area contributed by atoms with Crippen LogP contribution in [0.2, 0.25) is 0 Å². The summed E-state index contributed by atoms with van der Waals surface area (Å²) in [6.45, 7) is 1.08. The number of rotatable bonds is 4. The minimum atomic E-state index is -4.74. The molecule has 1 aliphatic heterocycles. The second kappa shape index (κ2) is 7.36. The van der Waals surface area contributed by atoms with Crippen molar-refractivity contribution >= 4 is 5.91 Å². The van der Waals surface area contributed by atoms with Gasteiger partial charge in [0.25, 0.3) is 5.91 Å². The van der Waals surface area contributed by atoms with E-state index < -0.39 is 23.4 Å². The second-order valence-corrected chi connectivity index (χ2v) is 6.19. The molecule has 1 amide bonds. The van der Waals surface area contributed by atoms with Crippen LogP contribution in [0.4, 0.5) is 13.2 Å². The highest BCUT2D eigenvalue weighted by atomic mass is 19.4. The Morgan fingerprint density at radius 2 is 2.07 bits per heavy atom. The molecule has 1 aliphatic rings. The molecule has 0 spiro atoms. The van der Waals surface area contributed by atoms with Gasteiger partial charge in [-0.25, -0.2) is 0 Å². The van der Waals surface area contributed by atoms with Crippen molar-refractivity contribution in [3.8, 4) is 17.5 Å². The summed E-state index contributed by atoms with van der Waals surface area (Å²) in [6.07, 6.45) is -3.70. The molecule has 2 heterocycles. The molecule has 0 unspecified atom stereocenters. The number of ether oxygens (including phenoxy) is 1. The molecule has 1 aromatic carbocycles. The maximum absolute atomic E-state index is 12.6. The lowest BCUT2D eigenvalue weighted by atomic mass is 9.81. The van der Waals surface area contributed by atoms with Gasteiger partial charge in [-0.2, -0.15) is 23.4 Å². The summed E-state index contributed by atoms with van der Waals surface area (Å²) in [5, 5.41) is 15.4. The number of amides is 1. The minimum Gasteiger partial charge on any atom is -0.381 e. The molecule has 1 fully saturated rings. The average Bonchev–Trinajstić information content (AvgIpc) is 3.18. The van der Waals surface area contributed by atoms with E-state index in [1.54, 1.807) is 0 Å². The van der Waals surface area contributed by atoms with Gasteiger partial charge in [-0.1, -0.05) is 17.3 Å². The molecule has 0 radical (unpaired) electrons. The van der Waals surface area contributed by atoms with Crippen LogP contribution in [0, 0.1) is 16.7 Å². The average molecular weight is 380 g/mol. The third-order valence-corrected chi connectivity index (χ3v) is 4.33. The van der Waals surface area contributed by atoms with Crippen molar-refractivity contribution in [2.45, 2.75) is 19.0 Å². The lowest BCUT2D eigenvalue weighted by molar-refractivity contribution is -0.159. The summed E-state index contributed by atoms with van der Waals surface area (Å²) >= 11 is 0. The lowest BCUT2D eigenvalue weighted by Gasteiger charge is -2.30. The largest absolute Gasteiger partial charge is 0.471 e. The normalized spacial score (nSPS) is 16.5. The van der Waals surface area contributed by atoms with Crippen molar-refractivity contribution in [2.75, 3.05) is 19.8 Å². The van der Waals surface area contributed by atoms with Crippen molar-refractivity contribution < 1.29 is 27.2 Å². The van der Waals surface area contributed by atoms with E-state index in [1.807, 2.05) is 0 Å². The molecular formula is C17H15F3N4O3. The zero-order valence-corrected chi connectivity index (χ0v) is 14.0. The van der Waals surface area contributed by atoms with Crippen LogP contribution in [0.1, 0.15) is 29.1 Å². The summed E-state index contributed by atoms with van der Waals surface area (Å²) in [6, 6.07) is 8.09. The number of carbonyl (C=O) groups excluding carboxylic acids is 1. The molecule has 7 nitrogen and oxygen atoms in total. The first-order chi connectivity index (χ1) is 12.8. The first-order valence-electron chi connectivity index (χ1n) is 8.12. The van der Waals surface area contributed by atoms with E-state index in [1.165, 1.54) is 24.3 Å². The standard InChI is InChI=1S/C17H15F3N4O3/c18-17(19,20)15-23-13(24-27-15)11-2-1-3-12(8-11)14(25)22-10-16(9-21)4-6-26-7-5-16/h1-3,8H,4-7,10H2,(H,22,25). The molecule has 0 atom stereocenters. The Bertz CT molecular complexity index is 867. The van der Waals surface area contributed by atoms with Crippen molar-refractivity contribution in [1.82, 2.24) is 15.5 Å². The van der Waals surface area contributed by atoms with E-state index in [9.17, 15) is 23.2 Å². The van der Waals surface area contributed by atoms with Gasteiger partial charge in [0, 0.05) is 30.9 Å². The molecule has 10 heteroatoms. The van der Waals surface area contributed by atoms with Gasteiger partial charge in [0.1, 0.15) is 0 Å². The highest BCUT2D eigenvalue weighted by Gasteiger charge is 2.38. The van der Waals surface area contributed by atoms with Gasteiger partial charge in [0.15, 0.2) is 0 Å². The Morgan fingerprint density at radius 3 is 2.70 bits per heavy atom. The van der Waals surface area contributed by atoms with Crippen molar-refractivity contribution in [3.05, 3.63) is 35.7 Å². The zero-order chi connectivity index (χ0) is 19.5. The SMILES string of the molecule is N#CC1(CNC(=O)c2cccc(-c3noc(C(F)(F)F)n3)c2)CCOCC1. The quantitative estimate of drug-likeness (QED) is 0.875. The van der Waals surface area contributed by atoms with Crippen LogP contribution in [0.3, 0.4) is 0 Å². The van der Waals surface area contributed by atoms with Gasteiger partial charge in [-0.15, -0.1) is 0 Å². The molecule has 2 aromatic rings. The molecule has 1 saturated heterocycles. The number of nitrogens with one attached hydrogen (secondary N) is 1. The van der Waals surface area contributed by atoms with Gasteiger partial charge < -0.3 is 14.6 Å². The van der Waals surface area contributed by atoms with Crippen molar-refractivity contribution in [1.29, 1.82) is 5.26 Å². The number of hydrogen-bond acceptors (Lipinski definition) is 6. The maximum atomic E-state index is 12.6. The Balaban J connectivity index is 1.72. The number of carbonyl (C=O) groups is 1. The Labute approximate surface area is 152 Å². The summed E-state index contributed by atoms with van der Waals surface area (Å²) < 4.78 is 47.2. The second-order valence-electron chi connectivity index (χ2n) is 6.19. The van der Waals surface area contributed by atoms with Gasteiger partial charge in [-0.3, -0.25) is 4.79 Å². The summed E-state index contributed by atoms with van der Waals surface area (Å²) in [5.41, 5.74) is -0.255. The minimum absolute atomic E-state index is 0.163. The third-order valence-electron chi connectivity index (χ3n) is 4.33. The predicted molar refractivity (Wildman–Crippen MR) is 85.2 cm³/mol. The molecule has 0 aliphatic carbocycles. The molecule has 1 N–H and O–H groups in total. The van der Waals surface area contributed by atoms with E-state index in [4.69, 9.17) is 4.74 Å². The fourth-order valence-electron chi connectivity index (χ4n) is 2.70. The lowest BCUT2D eigenvalue weighted by Crippen LogP contribution is -2.40. The summed E-state index contributed by atoms with van der Waals surface area (Å²) in [5.74, 6) is -2.17. The monoisotopic (exact) mass is 380 g/mol. The number of alkyl halides is 3. The number of nitrogens with zero attached hydrogens (tertiary/aromatic N) is 3. The summed E-state index contributed by atoms with van der Waals surface area (Å²) in [7, 11) is 0. The molecule has 1 aromatic heterocycles. The zero-order valence-electron chi connectivity index (χ0n) is 14.0. The van der Waals surface area contributed by atoms with Crippen LogP contribution < -0.4 is 5.32 Å². The molecule has 142 valence electrons. The number of nitriles is 1.